The van der Waals surface area contributed by atoms with Crippen LogP contribution < -0.4 is 5.32 Å². The van der Waals surface area contributed by atoms with Crippen LogP contribution in [0.2, 0.25) is 0 Å². The quantitative estimate of drug-likeness (QED) is 0.737. The van der Waals surface area contributed by atoms with Gasteiger partial charge in [0.05, 0.1) is 6.04 Å². The minimum absolute atomic E-state index is 0.0185. The third-order valence-corrected chi connectivity index (χ3v) is 3.05. The van der Waals surface area contributed by atoms with E-state index in [-0.39, 0.29) is 18.0 Å². The first-order valence-corrected chi connectivity index (χ1v) is 6.11. The van der Waals surface area contributed by atoms with Gasteiger partial charge in [0.15, 0.2) is 0 Å². The zero-order chi connectivity index (χ0) is 12.1. The highest BCUT2D eigenvalue weighted by Crippen LogP contribution is 2.16. The molecule has 1 N–H and O–H groups in total. The number of hydrogen-bond donors (Lipinski definition) is 1. The van der Waals surface area contributed by atoms with E-state index < -0.39 is 0 Å². The van der Waals surface area contributed by atoms with Crippen LogP contribution in [0, 0.1) is 0 Å². The Morgan fingerprint density at radius 1 is 1.50 bits per heavy atom. The molecule has 94 valence electrons. The zero-order valence-electron chi connectivity index (χ0n) is 10.8. The minimum atomic E-state index is 0.0185. The van der Waals surface area contributed by atoms with E-state index >= 15 is 0 Å². The number of methoxy groups -OCH3 is 1. The van der Waals surface area contributed by atoms with Crippen molar-refractivity contribution in [2.75, 3.05) is 20.3 Å². The van der Waals surface area contributed by atoms with E-state index in [0.717, 1.165) is 19.4 Å². The fraction of sp³-hybridized carbons (Fsp3) is 0.917. The molecule has 0 spiro atoms. The van der Waals surface area contributed by atoms with E-state index in [4.69, 9.17) is 4.74 Å². The predicted octanol–water partition coefficient (Wildman–Crippen LogP) is 1.01. The molecule has 4 heteroatoms. The molecular weight excluding hydrogens is 204 g/mol. The SMILES string of the molecule is COCCC(C)N1CCC(NC(C)C)C1=O. The molecule has 1 fully saturated rings. The van der Waals surface area contributed by atoms with Crippen LogP contribution >= 0.6 is 0 Å². The summed E-state index contributed by atoms with van der Waals surface area (Å²) in [5, 5.41) is 3.31. The van der Waals surface area contributed by atoms with Gasteiger partial charge in [-0.1, -0.05) is 13.8 Å². The molecule has 1 aliphatic heterocycles. The van der Waals surface area contributed by atoms with Gasteiger partial charge in [-0.25, -0.2) is 0 Å². The Morgan fingerprint density at radius 3 is 2.75 bits per heavy atom. The van der Waals surface area contributed by atoms with E-state index in [1.54, 1.807) is 7.11 Å². The number of carbonyl (C=O) groups excluding carboxylic acids is 1. The Labute approximate surface area is 98.3 Å². The molecule has 1 amide bonds. The molecule has 0 aromatic rings. The first kappa shape index (κ1) is 13.5. The summed E-state index contributed by atoms with van der Waals surface area (Å²) in [6.45, 7) is 7.82. The van der Waals surface area contributed by atoms with Gasteiger partial charge < -0.3 is 15.0 Å². The van der Waals surface area contributed by atoms with Crippen molar-refractivity contribution < 1.29 is 9.53 Å². The largest absolute Gasteiger partial charge is 0.385 e. The molecule has 0 saturated carbocycles. The first-order chi connectivity index (χ1) is 7.56. The van der Waals surface area contributed by atoms with Crippen LogP contribution in [0.4, 0.5) is 0 Å². The summed E-state index contributed by atoms with van der Waals surface area (Å²) in [5.74, 6) is 0.248. The maximum absolute atomic E-state index is 12.1. The van der Waals surface area contributed by atoms with Crippen LogP contribution in [-0.2, 0) is 9.53 Å². The van der Waals surface area contributed by atoms with Gasteiger partial charge in [0.2, 0.25) is 5.91 Å². The molecular formula is C12H24N2O2. The highest BCUT2D eigenvalue weighted by molar-refractivity contribution is 5.84. The van der Waals surface area contributed by atoms with E-state index in [2.05, 4.69) is 26.1 Å². The molecule has 2 atom stereocenters. The fourth-order valence-electron chi connectivity index (χ4n) is 2.14. The first-order valence-electron chi connectivity index (χ1n) is 6.11. The van der Waals surface area contributed by atoms with Crippen molar-refractivity contribution in [1.29, 1.82) is 0 Å². The Kier molecular flexibility index (Phi) is 5.22. The standard InChI is InChI=1S/C12H24N2O2/c1-9(2)13-11-5-7-14(12(11)15)10(3)6-8-16-4/h9-11,13H,5-8H2,1-4H3. The summed E-state index contributed by atoms with van der Waals surface area (Å²) in [7, 11) is 1.70. The summed E-state index contributed by atoms with van der Waals surface area (Å²) < 4.78 is 5.05. The highest BCUT2D eigenvalue weighted by atomic mass is 16.5. The molecule has 0 aromatic carbocycles. The normalized spacial score (nSPS) is 23.2. The lowest BCUT2D eigenvalue weighted by atomic mass is 10.2. The van der Waals surface area contributed by atoms with Gasteiger partial charge in [0, 0.05) is 32.3 Å². The van der Waals surface area contributed by atoms with Gasteiger partial charge in [0.1, 0.15) is 0 Å². The van der Waals surface area contributed by atoms with Crippen LogP contribution in [0.1, 0.15) is 33.6 Å². The van der Waals surface area contributed by atoms with Gasteiger partial charge >= 0.3 is 0 Å². The van der Waals surface area contributed by atoms with Crippen LogP contribution in [0.3, 0.4) is 0 Å². The maximum Gasteiger partial charge on any atom is 0.240 e. The van der Waals surface area contributed by atoms with Crippen molar-refractivity contribution in [3.63, 3.8) is 0 Å². The third kappa shape index (κ3) is 3.46. The molecule has 4 nitrogen and oxygen atoms in total. The molecule has 0 radical (unpaired) electrons. The number of carbonyl (C=O) groups is 1. The Morgan fingerprint density at radius 2 is 2.19 bits per heavy atom. The molecule has 16 heavy (non-hydrogen) atoms. The average molecular weight is 228 g/mol. The topological polar surface area (TPSA) is 41.6 Å². The second-order valence-electron chi connectivity index (χ2n) is 4.82. The molecule has 1 saturated heterocycles. The number of ether oxygens (including phenoxy) is 1. The lowest BCUT2D eigenvalue weighted by molar-refractivity contribution is -0.131. The molecule has 1 heterocycles. The Bertz CT molecular complexity index is 231. The molecule has 1 rings (SSSR count). The number of rotatable bonds is 6. The zero-order valence-corrected chi connectivity index (χ0v) is 10.8. The van der Waals surface area contributed by atoms with Gasteiger partial charge in [-0.15, -0.1) is 0 Å². The van der Waals surface area contributed by atoms with Gasteiger partial charge in [-0.05, 0) is 19.8 Å². The fourth-order valence-corrected chi connectivity index (χ4v) is 2.14. The third-order valence-electron chi connectivity index (χ3n) is 3.05. The van der Waals surface area contributed by atoms with Gasteiger partial charge in [-0.3, -0.25) is 4.79 Å². The number of amides is 1. The van der Waals surface area contributed by atoms with E-state index in [1.165, 1.54) is 0 Å². The summed E-state index contributed by atoms with van der Waals surface area (Å²) in [4.78, 5) is 14.0. The van der Waals surface area contributed by atoms with Crippen molar-refractivity contribution in [2.45, 2.75) is 51.7 Å². The highest BCUT2D eigenvalue weighted by Gasteiger charge is 2.33. The van der Waals surface area contributed by atoms with Gasteiger partial charge in [0.25, 0.3) is 0 Å². The smallest absolute Gasteiger partial charge is 0.240 e. The number of nitrogens with zero attached hydrogens (tertiary/aromatic N) is 1. The summed E-state index contributed by atoms with van der Waals surface area (Å²) in [5.41, 5.74) is 0. The van der Waals surface area contributed by atoms with Crippen molar-refractivity contribution in [1.82, 2.24) is 10.2 Å². The predicted molar refractivity (Wildman–Crippen MR) is 64.3 cm³/mol. The van der Waals surface area contributed by atoms with Crippen LogP contribution in [0.5, 0.6) is 0 Å². The van der Waals surface area contributed by atoms with E-state index in [9.17, 15) is 4.79 Å². The Balaban J connectivity index is 2.43. The summed E-state index contributed by atoms with van der Waals surface area (Å²) in [6.07, 6.45) is 1.84. The summed E-state index contributed by atoms with van der Waals surface area (Å²) >= 11 is 0. The average Bonchev–Trinajstić information content (AvgIpc) is 2.56. The maximum atomic E-state index is 12.1. The minimum Gasteiger partial charge on any atom is -0.385 e. The van der Waals surface area contributed by atoms with Crippen LogP contribution in [0.15, 0.2) is 0 Å². The second kappa shape index (κ2) is 6.21. The summed E-state index contributed by atoms with van der Waals surface area (Å²) in [6, 6.07) is 0.666. The number of likely N-dealkylation sites (tertiary alicyclic amines) is 1. The lowest BCUT2D eigenvalue weighted by Gasteiger charge is -2.25. The van der Waals surface area contributed by atoms with Crippen molar-refractivity contribution >= 4 is 5.91 Å². The lowest BCUT2D eigenvalue weighted by Crippen LogP contribution is -2.44. The van der Waals surface area contributed by atoms with E-state index in [0.29, 0.717) is 12.6 Å². The van der Waals surface area contributed by atoms with Crippen LogP contribution in [-0.4, -0.2) is 49.2 Å². The number of hydrogen-bond acceptors (Lipinski definition) is 3. The molecule has 0 bridgehead atoms. The van der Waals surface area contributed by atoms with Crippen molar-refractivity contribution in [2.24, 2.45) is 0 Å². The second-order valence-corrected chi connectivity index (χ2v) is 4.82. The van der Waals surface area contributed by atoms with E-state index in [1.807, 2.05) is 4.90 Å². The molecule has 0 aromatic heterocycles. The van der Waals surface area contributed by atoms with Crippen LogP contribution in [0.25, 0.3) is 0 Å². The molecule has 0 aliphatic carbocycles. The van der Waals surface area contributed by atoms with Crippen molar-refractivity contribution in [3.05, 3.63) is 0 Å². The van der Waals surface area contributed by atoms with Gasteiger partial charge in [-0.2, -0.15) is 0 Å². The number of nitrogens with one attached hydrogen (secondary N) is 1. The monoisotopic (exact) mass is 228 g/mol. The molecule has 1 aliphatic rings. The molecule has 2 unspecified atom stereocenters. The Hall–Kier alpha value is -0.610. The van der Waals surface area contributed by atoms with Crippen molar-refractivity contribution in [3.8, 4) is 0 Å².